The lowest BCUT2D eigenvalue weighted by atomic mass is 9.99. The quantitative estimate of drug-likeness (QED) is 0.0195. The topological polar surface area (TPSA) is 175 Å². The van der Waals surface area contributed by atoms with Crippen molar-refractivity contribution in [3.8, 4) is 0 Å². The van der Waals surface area contributed by atoms with Gasteiger partial charge in [0.2, 0.25) is 5.91 Å². The first-order chi connectivity index (χ1) is 44.7. The molecule has 11 nitrogen and oxygen atoms in total. The first-order valence-electron chi connectivity index (χ1n) is 39.1. The van der Waals surface area contributed by atoms with Crippen LogP contribution in [0.4, 0.5) is 0 Å². The number of allylic oxidation sites excluding steroid dienone is 9. The maximum Gasteiger partial charge on any atom is 0.305 e. The molecular weight excluding hydrogens is 1130 g/mol. The van der Waals surface area contributed by atoms with Crippen LogP contribution in [0.5, 0.6) is 0 Å². The fourth-order valence-corrected chi connectivity index (χ4v) is 12.2. The molecule has 7 atom stereocenters. The summed E-state index contributed by atoms with van der Waals surface area (Å²) in [5, 5.41) is 54.4. The molecule has 1 amide bonds. The minimum Gasteiger partial charge on any atom is -0.466 e. The van der Waals surface area contributed by atoms with Gasteiger partial charge in [-0.2, -0.15) is 0 Å². The second-order valence-electron chi connectivity index (χ2n) is 27.0. The summed E-state index contributed by atoms with van der Waals surface area (Å²) in [6, 6.07) is -0.833. The molecule has 1 aliphatic heterocycles. The molecule has 1 fully saturated rings. The van der Waals surface area contributed by atoms with Crippen LogP contribution in [0.15, 0.2) is 60.8 Å². The van der Waals surface area contributed by atoms with Crippen molar-refractivity contribution >= 4 is 11.9 Å². The number of ether oxygens (including phenoxy) is 3. The van der Waals surface area contributed by atoms with E-state index in [1.54, 1.807) is 6.08 Å². The van der Waals surface area contributed by atoms with Gasteiger partial charge in [0.1, 0.15) is 24.4 Å². The highest BCUT2D eigenvalue weighted by molar-refractivity contribution is 5.76. The number of esters is 1. The summed E-state index contributed by atoms with van der Waals surface area (Å²) in [5.74, 6) is -0.178. The number of hydrogen-bond donors (Lipinski definition) is 6. The number of carbonyl (C=O) groups is 2. The Labute approximate surface area is 560 Å². The highest BCUT2D eigenvalue weighted by Crippen LogP contribution is 2.24. The highest BCUT2D eigenvalue weighted by Gasteiger charge is 2.44. The second kappa shape index (κ2) is 68.7. The van der Waals surface area contributed by atoms with E-state index in [0.29, 0.717) is 19.4 Å². The lowest BCUT2D eigenvalue weighted by Crippen LogP contribution is -2.60. The monoisotopic (exact) mass is 1280 g/mol. The molecule has 1 saturated heterocycles. The van der Waals surface area contributed by atoms with Gasteiger partial charge in [-0.1, -0.05) is 338 Å². The third kappa shape index (κ3) is 57.3. The van der Waals surface area contributed by atoms with E-state index in [4.69, 9.17) is 14.2 Å². The molecule has 7 unspecified atom stereocenters. The molecule has 6 N–H and O–H groups in total. The van der Waals surface area contributed by atoms with E-state index in [-0.39, 0.29) is 18.5 Å². The molecule has 0 aliphatic carbocycles. The Balaban J connectivity index is 1.90. The van der Waals surface area contributed by atoms with Crippen molar-refractivity contribution in [3.05, 3.63) is 60.8 Å². The summed E-state index contributed by atoms with van der Waals surface area (Å²) in [7, 11) is 0. The maximum atomic E-state index is 13.0. The zero-order valence-corrected chi connectivity index (χ0v) is 59.3. The normalized spacial score (nSPS) is 17.9. The summed E-state index contributed by atoms with van der Waals surface area (Å²) in [5.41, 5.74) is 0. The average Bonchev–Trinajstić information content (AvgIpc) is 1.12. The van der Waals surface area contributed by atoms with Gasteiger partial charge in [-0.25, -0.2) is 0 Å². The van der Waals surface area contributed by atoms with Crippen molar-refractivity contribution in [3.63, 3.8) is 0 Å². The number of amides is 1. The molecule has 91 heavy (non-hydrogen) atoms. The van der Waals surface area contributed by atoms with Gasteiger partial charge < -0.3 is 45.1 Å². The smallest absolute Gasteiger partial charge is 0.305 e. The van der Waals surface area contributed by atoms with Crippen LogP contribution in [-0.2, 0) is 23.8 Å². The number of aliphatic hydroxyl groups is 5. The Morgan fingerprint density at radius 3 is 1.19 bits per heavy atom. The number of nitrogens with one attached hydrogen (secondary N) is 1. The van der Waals surface area contributed by atoms with Gasteiger partial charge >= 0.3 is 5.97 Å². The van der Waals surface area contributed by atoms with Crippen LogP contribution in [0.3, 0.4) is 0 Å². The predicted molar refractivity (Wildman–Crippen MR) is 384 cm³/mol. The predicted octanol–water partition coefficient (Wildman–Crippen LogP) is 20.9. The van der Waals surface area contributed by atoms with Crippen molar-refractivity contribution in [2.45, 2.75) is 416 Å². The zero-order valence-electron chi connectivity index (χ0n) is 59.3. The van der Waals surface area contributed by atoms with Gasteiger partial charge in [-0.05, 0) is 83.5 Å². The van der Waals surface area contributed by atoms with Crippen molar-refractivity contribution in [1.29, 1.82) is 0 Å². The molecule has 0 saturated carbocycles. The standard InChI is InChI=1S/C80H147NO10/c1-3-5-7-9-11-13-15-43-48-52-56-60-64-68-76(85)89-69-65-61-57-53-49-45-42-40-38-36-34-32-30-28-26-24-22-20-18-16-17-19-21-23-25-27-29-31-33-35-37-39-41-44-47-51-55-59-63-67-75(84)81-72(71-90-80-79(88)78(87)77(86)74(70-82)91-80)73(83)66-62-58-54-50-46-14-12-10-8-6-4-2/h8,10,16-17,20,22,46,50,62,66,72-74,77-80,82-83,86-88H,3-7,9,11-15,18-19,21,23-45,47-49,51-61,63-65,67-71H2,1-2H3,(H,81,84)/b10-8+,17-16-,22-20-,50-46+,66-62+. The first kappa shape index (κ1) is 86.4. The van der Waals surface area contributed by atoms with Crippen LogP contribution in [0.1, 0.15) is 373 Å². The Morgan fingerprint density at radius 2 is 0.769 bits per heavy atom. The Hall–Kier alpha value is -2.64. The Kier molecular flexibility index (Phi) is 65.2. The third-order valence-corrected chi connectivity index (χ3v) is 18.3. The van der Waals surface area contributed by atoms with Gasteiger partial charge in [0.25, 0.3) is 0 Å². The zero-order chi connectivity index (χ0) is 65.8. The molecule has 0 bridgehead atoms. The second-order valence-corrected chi connectivity index (χ2v) is 27.0. The van der Waals surface area contributed by atoms with E-state index in [2.05, 4.69) is 67.8 Å². The average molecular weight is 1280 g/mol. The minimum absolute atomic E-state index is 0.0160. The number of carbonyl (C=O) groups excluding carboxylic acids is 2. The summed E-state index contributed by atoms with van der Waals surface area (Å²) in [6.07, 6.45) is 82.7. The molecule has 11 heteroatoms. The van der Waals surface area contributed by atoms with Gasteiger partial charge in [0.05, 0.1) is 32.0 Å². The lowest BCUT2D eigenvalue weighted by molar-refractivity contribution is -0.302. The molecule has 0 aromatic heterocycles. The molecule has 0 spiro atoms. The molecule has 532 valence electrons. The number of aliphatic hydroxyl groups excluding tert-OH is 5. The maximum absolute atomic E-state index is 13.0. The van der Waals surface area contributed by atoms with E-state index in [0.717, 1.165) is 77.0 Å². The van der Waals surface area contributed by atoms with Crippen molar-refractivity contribution in [2.24, 2.45) is 0 Å². The summed E-state index contributed by atoms with van der Waals surface area (Å²) in [6.45, 7) is 4.29. The molecule has 0 radical (unpaired) electrons. The van der Waals surface area contributed by atoms with Crippen LogP contribution >= 0.6 is 0 Å². The van der Waals surface area contributed by atoms with Crippen molar-refractivity contribution < 1.29 is 49.3 Å². The fourth-order valence-electron chi connectivity index (χ4n) is 12.2. The largest absolute Gasteiger partial charge is 0.466 e. The Bertz CT molecular complexity index is 1700. The van der Waals surface area contributed by atoms with Crippen LogP contribution in [0.25, 0.3) is 0 Å². The van der Waals surface area contributed by atoms with Gasteiger partial charge in [-0.3, -0.25) is 9.59 Å². The number of unbranched alkanes of at least 4 members (excludes halogenated alkanes) is 47. The molecule has 1 heterocycles. The molecule has 1 rings (SSSR count). The van der Waals surface area contributed by atoms with E-state index in [9.17, 15) is 35.1 Å². The third-order valence-electron chi connectivity index (χ3n) is 18.3. The van der Waals surface area contributed by atoms with Gasteiger partial charge in [-0.15, -0.1) is 0 Å². The van der Waals surface area contributed by atoms with E-state index >= 15 is 0 Å². The van der Waals surface area contributed by atoms with Crippen molar-refractivity contribution in [1.82, 2.24) is 5.32 Å². The summed E-state index contributed by atoms with van der Waals surface area (Å²) < 4.78 is 16.7. The van der Waals surface area contributed by atoms with Crippen LogP contribution in [0.2, 0.25) is 0 Å². The molecular formula is C80H147NO10. The van der Waals surface area contributed by atoms with E-state index < -0.39 is 49.5 Å². The number of rotatable bonds is 69. The number of hydrogen-bond acceptors (Lipinski definition) is 10. The minimum atomic E-state index is -1.58. The van der Waals surface area contributed by atoms with Gasteiger partial charge in [0.15, 0.2) is 6.29 Å². The highest BCUT2D eigenvalue weighted by atomic mass is 16.7. The molecule has 0 aromatic carbocycles. The van der Waals surface area contributed by atoms with Crippen LogP contribution < -0.4 is 5.32 Å². The van der Waals surface area contributed by atoms with Crippen LogP contribution in [-0.4, -0.2) is 100 Å². The molecule has 0 aromatic rings. The van der Waals surface area contributed by atoms with Crippen LogP contribution in [0, 0.1) is 0 Å². The lowest BCUT2D eigenvalue weighted by Gasteiger charge is -2.40. The fraction of sp³-hybridized carbons (Fsp3) is 0.850. The summed E-state index contributed by atoms with van der Waals surface area (Å²) in [4.78, 5) is 25.1. The van der Waals surface area contributed by atoms with Gasteiger partial charge in [0, 0.05) is 12.8 Å². The SMILES string of the molecule is CCC/C=C/CC/C=C/CC/C=C/C(O)C(COC1OC(CO)C(O)C(O)C1O)NC(=O)CCCCCCCCCCCCCCCCCCC/C=C\C/C=C\CCCCCCCCCCCCCCCCCOC(=O)CCCCCCCCCCCCCCC. The summed E-state index contributed by atoms with van der Waals surface area (Å²) >= 11 is 0. The Morgan fingerprint density at radius 1 is 0.407 bits per heavy atom. The van der Waals surface area contributed by atoms with E-state index in [1.165, 1.54) is 270 Å². The first-order valence-corrected chi connectivity index (χ1v) is 39.1. The van der Waals surface area contributed by atoms with Crippen molar-refractivity contribution in [2.75, 3.05) is 19.8 Å². The van der Waals surface area contributed by atoms with E-state index in [1.807, 2.05) is 6.08 Å². The molecule has 1 aliphatic rings.